The number of aryl methyl sites for hydroxylation is 1. The number of hydrogen-bond donors (Lipinski definition) is 1. The van der Waals surface area contributed by atoms with Gasteiger partial charge >= 0.3 is 33.0 Å². The summed E-state index contributed by atoms with van der Waals surface area (Å²) in [5.74, 6) is 1.11. The van der Waals surface area contributed by atoms with E-state index in [1.807, 2.05) is 24.3 Å². The van der Waals surface area contributed by atoms with Gasteiger partial charge in [0, 0.05) is 59.6 Å². The second kappa shape index (κ2) is 17.3. The van der Waals surface area contributed by atoms with Crippen LogP contribution in [-0.4, -0.2) is 50.2 Å². The number of allylic oxidation sites excluding steroid dienone is 8. The SMILES string of the molecule is Cc1nnc(-c2ccc(CNC(=O)CCCCCN3/C(=C/C=C4C=C(/C=C/C5=[N+](C)c6ccccc6C5(C)C)CCC/4)C(C)(C)c4ccccc43)cc2)nn1.F[P-](F)(F)(F)(F)F. The second-order valence-corrected chi connectivity index (χ2v) is 19.0. The van der Waals surface area contributed by atoms with Gasteiger partial charge in [-0.15, -0.1) is 20.4 Å². The topological polar surface area (TPSA) is 86.9 Å². The Hall–Kier alpha value is -5.49. The number of carbonyl (C=O) groups is 1. The van der Waals surface area contributed by atoms with Crippen LogP contribution in [0.1, 0.15) is 95.2 Å². The van der Waals surface area contributed by atoms with Crippen molar-refractivity contribution in [3.05, 3.63) is 143 Å². The fraction of sp³-hybridized carbons (Fsp3) is 0.362. The molecule has 1 amide bonds. The van der Waals surface area contributed by atoms with E-state index in [1.165, 1.54) is 45.1 Å². The molecule has 1 aromatic heterocycles. The Balaban J connectivity index is 0.000000845. The number of hydrogen-bond acceptors (Lipinski definition) is 6. The van der Waals surface area contributed by atoms with Crippen LogP contribution in [0.15, 0.2) is 120 Å². The maximum absolute atomic E-state index is 12.7. The average molecular weight is 878 g/mol. The van der Waals surface area contributed by atoms with Gasteiger partial charge < -0.3 is 10.2 Å². The van der Waals surface area contributed by atoms with Crippen molar-refractivity contribution in [2.45, 2.75) is 96.9 Å². The Morgan fingerprint density at radius 3 is 2.11 bits per heavy atom. The molecule has 0 saturated heterocycles. The van der Waals surface area contributed by atoms with Crippen molar-refractivity contribution < 1.29 is 34.6 Å². The number of nitrogens with zero attached hydrogens (tertiary/aromatic N) is 6. The molecule has 8 nitrogen and oxygen atoms in total. The third-order valence-electron chi connectivity index (χ3n) is 11.5. The van der Waals surface area contributed by atoms with Crippen LogP contribution in [0.5, 0.6) is 0 Å². The summed E-state index contributed by atoms with van der Waals surface area (Å²) in [6.45, 7) is 12.5. The molecule has 0 radical (unpaired) electrons. The number of halogens is 6. The second-order valence-electron chi connectivity index (χ2n) is 17.1. The van der Waals surface area contributed by atoms with Gasteiger partial charge in [-0.1, -0.05) is 99.2 Å². The van der Waals surface area contributed by atoms with Crippen LogP contribution in [0.4, 0.5) is 36.6 Å². The maximum atomic E-state index is 12.7. The van der Waals surface area contributed by atoms with E-state index in [0.29, 0.717) is 24.6 Å². The van der Waals surface area contributed by atoms with E-state index in [9.17, 15) is 30.0 Å². The van der Waals surface area contributed by atoms with Crippen LogP contribution >= 0.6 is 7.81 Å². The molecule has 0 unspecified atom stereocenters. The van der Waals surface area contributed by atoms with Crippen molar-refractivity contribution in [1.29, 1.82) is 0 Å². The van der Waals surface area contributed by atoms with Crippen LogP contribution in [0.2, 0.25) is 0 Å². The third kappa shape index (κ3) is 12.1. The standard InChI is InChI=1S/C47H53N7O.F6P/c1-33-49-51-45(52-50-33)37-26-22-36(23-27-37)32-48-44(55)21-8-7-13-30-54-41-20-12-10-18-39(41)47(4,5)43(54)29-25-35-16-14-15-34(31-35)24-28-42-46(2,3)38-17-9-11-19-40(38)53(42)6;1-7(2,3,4,5)6/h9-12,17-20,22-29,31H,7-8,13-16,21,30,32H2,1-6H3;/q;-1/p+1. The van der Waals surface area contributed by atoms with Crippen LogP contribution in [0, 0.1) is 6.92 Å². The van der Waals surface area contributed by atoms with Gasteiger partial charge in [0.1, 0.15) is 7.05 Å². The number of aromatic nitrogens is 4. The summed E-state index contributed by atoms with van der Waals surface area (Å²) in [6.07, 6.45) is 18.6. The molecule has 0 bridgehead atoms. The fourth-order valence-electron chi connectivity index (χ4n) is 8.39. The minimum absolute atomic E-state index is 0.0248. The van der Waals surface area contributed by atoms with E-state index in [2.05, 4.69) is 149 Å². The van der Waals surface area contributed by atoms with Crippen molar-refractivity contribution >= 4 is 30.8 Å². The van der Waals surface area contributed by atoms with Crippen molar-refractivity contribution in [1.82, 2.24) is 25.7 Å². The molecule has 7 rings (SSSR count). The molecular weight excluding hydrogens is 824 g/mol. The summed E-state index contributed by atoms with van der Waals surface area (Å²) in [6, 6.07) is 25.4. The summed E-state index contributed by atoms with van der Waals surface area (Å²) < 4.78 is 61.5. The van der Waals surface area contributed by atoms with Gasteiger partial charge in [0.05, 0.1) is 5.41 Å². The molecule has 0 spiro atoms. The fourth-order valence-corrected chi connectivity index (χ4v) is 8.39. The van der Waals surface area contributed by atoms with Gasteiger partial charge in [0.15, 0.2) is 11.5 Å². The summed E-state index contributed by atoms with van der Waals surface area (Å²) in [7, 11) is -8.47. The first kappa shape index (κ1) is 46.0. The summed E-state index contributed by atoms with van der Waals surface area (Å²) in [5.41, 5.74) is 12.5. The molecule has 3 heterocycles. The van der Waals surface area contributed by atoms with Crippen molar-refractivity contribution in [3.63, 3.8) is 0 Å². The number of amides is 1. The van der Waals surface area contributed by atoms with E-state index in [0.717, 1.165) is 56.2 Å². The first-order valence-electron chi connectivity index (χ1n) is 20.8. The van der Waals surface area contributed by atoms with E-state index >= 15 is 0 Å². The Morgan fingerprint density at radius 2 is 1.44 bits per heavy atom. The number of rotatable bonds is 12. The molecule has 4 aromatic rings. The van der Waals surface area contributed by atoms with E-state index in [-0.39, 0.29) is 16.7 Å². The normalized spacial score (nSPS) is 19.1. The number of benzene rings is 3. The zero-order chi connectivity index (χ0) is 45.0. The average Bonchev–Trinajstić information content (AvgIpc) is 3.55. The molecule has 62 heavy (non-hydrogen) atoms. The predicted octanol–water partition coefficient (Wildman–Crippen LogP) is 12.8. The predicted molar refractivity (Wildman–Crippen MR) is 236 cm³/mol. The summed E-state index contributed by atoms with van der Waals surface area (Å²) in [5, 5.41) is 19.2. The van der Waals surface area contributed by atoms with Gasteiger partial charge in [0.2, 0.25) is 17.4 Å². The van der Waals surface area contributed by atoms with E-state index in [1.54, 1.807) is 6.92 Å². The minimum atomic E-state index is -10.7. The number of para-hydroxylation sites is 2. The molecule has 1 N–H and O–H groups in total. The van der Waals surface area contributed by atoms with Gasteiger partial charge in [-0.25, -0.2) is 0 Å². The molecule has 3 aliphatic rings. The van der Waals surface area contributed by atoms with Gasteiger partial charge in [0.25, 0.3) is 0 Å². The first-order chi connectivity index (χ1) is 29.0. The number of fused-ring (bicyclic) bond motifs is 2. The quantitative estimate of drug-likeness (QED) is 0.0660. The number of unbranched alkanes of at least 4 members (excludes halogenated alkanes) is 2. The summed E-state index contributed by atoms with van der Waals surface area (Å²) in [4.78, 5) is 15.2. The van der Waals surface area contributed by atoms with E-state index < -0.39 is 7.81 Å². The Labute approximate surface area is 359 Å². The molecule has 0 fully saturated rings. The van der Waals surface area contributed by atoms with Crippen molar-refractivity contribution in [3.8, 4) is 11.4 Å². The van der Waals surface area contributed by atoms with Crippen molar-refractivity contribution in [2.75, 3.05) is 18.5 Å². The van der Waals surface area contributed by atoms with Crippen LogP contribution in [-0.2, 0) is 22.2 Å². The molecule has 0 saturated carbocycles. The molecule has 2 aliphatic heterocycles. The molecule has 3 aromatic carbocycles. The number of anilines is 1. The van der Waals surface area contributed by atoms with Gasteiger partial charge in [-0.2, -0.15) is 4.58 Å². The van der Waals surface area contributed by atoms with Crippen LogP contribution in [0.3, 0.4) is 0 Å². The zero-order valence-electron chi connectivity index (χ0n) is 36.0. The third-order valence-corrected chi connectivity index (χ3v) is 11.5. The Kier molecular flexibility index (Phi) is 12.9. The van der Waals surface area contributed by atoms with Crippen molar-refractivity contribution in [2.24, 2.45) is 0 Å². The summed E-state index contributed by atoms with van der Waals surface area (Å²) >= 11 is 0. The van der Waals surface area contributed by atoms with Gasteiger partial charge in [-0.05, 0) is 87.3 Å². The Bertz CT molecular complexity index is 2450. The van der Waals surface area contributed by atoms with Gasteiger partial charge in [-0.3, -0.25) is 4.79 Å². The number of carbonyl (C=O) groups excluding carboxylic acids is 1. The first-order valence-corrected chi connectivity index (χ1v) is 22.8. The zero-order valence-corrected chi connectivity index (χ0v) is 36.9. The molecule has 15 heteroatoms. The molecular formula is C47H54F6N7OP. The molecule has 0 atom stereocenters. The monoisotopic (exact) mass is 877 g/mol. The van der Waals surface area contributed by atoms with Crippen LogP contribution in [0.25, 0.3) is 11.4 Å². The molecule has 330 valence electrons. The molecule has 1 aliphatic carbocycles. The number of nitrogens with one attached hydrogen (secondary N) is 1. The van der Waals surface area contributed by atoms with Crippen LogP contribution < -0.4 is 10.2 Å². The van der Waals surface area contributed by atoms with E-state index in [4.69, 9.17) is 0 Å². The Morgan fingerprint density at radius 1 is 0.790 bits per heavy atom.